The van der Waals surface area contributed by atoms with Crippen LogP contribution in [0.5, 0.6) is 0 Å². The maximum Gasteiger partial charge on any atom is 0.328 e. The molecule has 3 amide bonds. The number of benzene rings is 1. The average molecular weight is 285 g/mol. The van der Waals surface area contributed by atoms with Crippen LogP contribution in [0.2, 0.25) is 0 Å². The van der Waals surface area contributed by atoms with Gasteiger partial charge in [0.05, 0.1) is 5.52 Å². The number of carbonyl (C=O) groups is 3. The SMILES string of the molecule is O=C(O)C=CC(=O)NC(=O)Nc1ccc2ncccc2c1. The minimum absolute atomic E-state index is 0.489. The Hall–Kier alpha value is -3.22. The first-order chi connectivity index (χ1) is 10.0. The van der Waals surface area contributed by atoms with Crippen LogP contribution in [0.1, 0.15) is 0 Å². The molecule has 0 aliphatic heterocycles. The zero-order valence-electron chi connectivity index (χ0n) is 10.7. The molecule has 0 radical (unpaired) electrons. The van der Waals surface area contributed by atoms with Crippen LogP contribution in [-0.4, -0.2) is 28.0 Å². The van der Waals surface area contributed by atoms with Gasteiger partial charge in [-0.3, -0.25) is 15.1 Å². The van der Waals surface area contributed by atoms with Crippen molar-refractivity contribution < 1.29 is 19.5 Å². The molecule has 0 spiro atoms. The maximum absolute atomic E-state index is 11.6. The molecule has 3 N–H and O–H groups in total. The van der Waals surface area contributed by atoms with Crippen molar-refractivity contribution in [2.45, 2.75) is 0 Å². The van der Waals surface area contributed by atoms with Gasteiger partial charge in [0.25, 0.3) is 5.91 Å². The molecule has 1 heterocycles. The molecule has 0 aliphatic rings. The van der Waals surface area contributed by atoms with Gasteiger partial charge in [0, 0.05) is 29.4 Å². The fourth-order valence-corrected chi connectivity index (χ4v) is 1.62. The highest BCUT2D eigenvalue weighted by atomic mass is 16.4. The highest BCUT2D eigenvalue weighted by molar-refractivity contribution is 6.06. The number of aliphatic carboxylic acids is 1. The highest BCUT2D eigenvalue weighted by Crippen LogP contribution is 2.16. The average Bonchev–Trinajstić information content (AvgIpc) is 2.45. The normalized spacial score (nSPS) is 10.5. The summed E-state index contributed by atoms with van der Waals surface area (Å²) in [5, 5.41) is 13.6. The van der Waals surface area contributed by atoms with Crippen molar-refractivity contribution in [3.63, 3.8) is 0 Å². The summed E-state index contributed by atoms with van der Waals surface area (Å²) in [5.74, 6) is -2.09. The lowest BCUT2D eigenvalue weighted by molar-refractivity contribution is -0.131. The van der Waals surface area contributed by atoms with Crippen molar-refractivity contribution in [1.29, 1.82) is 0 Å². The van der Waals surface area contributed by atoms with E-state index < -0.39 is 17.9 Å². The predicted molar refractivity (Wildman–Crippen MR) is 75.7 cm³/mol. The number of carboxylic acid groups (broad SMARTS) is 1. The number of carbonyl (C=O) groups excluding carboxylic acids is 2. The Morgan fingerprint density at radius 2 is 1.95 bits per heavy atom. The second-order valence-electron chi connectivity index (χ2n) is 4.03. The lowest BCUT2D eigenvalue weighted by atomic mass is 10.2. The van der Waals surface area contributed by atoms with Crippen molar-refractivity contribution in [3.8, 4) is 0 Å². The Balaban J connectivity index is 2.01. The second-order valence-corrected chi connectivity index (χ2v) is 4.03. The topological polar surface area (TPSA) is 108 Å². The first-order valence-corrected chi connectivity index (χ1v) is 5.92. The summed E-state index contributed by atoms with van der Waals surface area (Å²) >= 11 is 0. The molecule has 0 saturated carbocycles. The van der Waals surface area contributed by atoms with Gasteiger partial charge in [-0.15, -0.1) is 0 Å². The molecule has 21 heavy (non-hydrogen) atoms. The standard InChI is InChI=1S/C14H11N3O4/c18-12(5-6-13(19)20)17-14(21)16-10-3-4-11-9(8-10)2-1-7-15-11/h1-8H,(H,19,20)(H2,16,17,18,21). The number of anilines is 1. The number of amides is 3. The van der Waals surface area contributed by atoms with E-state index in [1.54, 1.807) is 30.5 Å². The van der Waals surface area contributed by atoms with Gasteiger partial charge >= 0.3 is 12.0 Å². The van der Waals surface area contributed by atoms with E-state index >= 15 is 0 Å². The summed E-state index contributed by atoms with van der Waals surface area (Å²) in [6.07, 6.45) is 3.06. The Labute approximate surface area is 119 Å². The summed E-state index contributed by atoms with van der Waals surface area (Å²) in [5.41, 5.74) is 1.27. The zero-order valence-corrected chi connectivity index (χ0v) is 10.7. The van der Waals surface area contributed by atoms with E-state index in [2.05, 4.69) is 10.3 Å². The molecular formula is C14H11N3O4. The molecule has 2 aromatic rings. The molecule has 7 nitrogen and oxygen atoms in total. The Morgan fingerprint density at radius 3 is 2.71 bits per heavy atom. The number of fused-ring (bicyclic) bond motifs is 1. The first-order valence-electron chi connectivity index (χ1n) is 5.92. The molecule has 0 unspecified atom stereocenters. The summed E-state index contributed by atoms with van der Waals surface area (Å²) in [6, 6.07) is 7.94. The molecule has 1 aromatic heterocycles. The van der Waals surface area contributed by atoms with Gasteiger partial charge in [0.1, 0.15) is 0 Å². The fourth-order valence-electron chi connectivity index (χ4n) is 1.62. The smallest absolute Gasteiger partial charge is 0.328 e. The van der Waals surface area contributed by atoms with Crippen molar-refractivity contribution >= 4 is 34.5 Å². The maximum atomic E-state index is 11.6. The predicted octanol–water partition coefficient (Wildman–Crippen LogP) is 1.52. The van der Waals surface area contributed by atoms with Gasteiger partial charge in [0.15, 0.2) is 0 Å². The Bertz CT molecular complexity index is 740. The van der Waals surface area contributed by atoms with Gasteiger partial charge < -0.3 is 10.4 Å². The molecule has 7 heteroatoms. The number of hydrogen-bond donors (Lipinski definition) is 3. The van der Waals surface area contributed by atoms with E-state index in [4.69, 9.17) is 5.11 Å². The van der Waals surface area contributed by atoms with E-state index in [-0.39, 0.29) is 0 Å². The molecule has 0 aliphatic carbocycles. The number of rotatable bonds is 3. The van der Waals surface area contributed by atoms with E-state index in [0.717, 1.165) is 17.0 Å². The number of nitrogens with zero attached hydrogens (tertiary/aromatic N) is 1. The van der Waals surface area contributed by atoms with E-state index in [1.807, 2.05) is 11.4 Å². The third kappa shape index (κ3) is 4.13. The van der Waals surface area contributed by atoms with Crippen molar-refractivity contribution in [2.24, 2.45) is 0 Å². The van der Waals surface area contributed by atoms with Crippen LogP contribution in [0.15, 0.2) is 48.7 Å². The number of nitrogens with one attached hydrogen (secondary N) is 2. The molecular weight excluding hydrogens is 274 g/mol. The number of imide groups is 1. The third-order valence-corrected chi connectivity index (χ3v) is 2.47. The molecule has 1 aromatic carbocycles. The van der Waals surface area contributed by atoms with Gasteiger partial charge in [-0.05, 0) is 24.3 Å². The van der Waals surface area contributed by atoms with Crippen LogP contribution < -0.4 is 10.6 Å². The van der Waals surface area contributed by atoms with E-state index in [9.17, 15) is 14.4 Å². The van der Waals surface area contributed by atoms with Crippen molar-refractivity contribution in [1.82, 2.24) is 10.3 Å². The fraction of sp³-hybridized carbons (Fsp3) is 0. The monoisotopic (exact) mass is 285 g/mol. The zero-order chi connectivity index (χ0) is 15.2. The molecule has 0 fully saturated rings. The summed E-state index contributed by atoms with van der Waals surface area (Å²) in [7, 11) is 0. The number of aromatic nitrogens is 1. The molecule has 0 saturated heterocycles. The Morgan fingerprint density at radius 1 is 1.14 bits per heavy atom. The van der Waals surface area contributed by atoms with Gasteiger partial charge in [-0.1, -0.05) is 6.07 Å². The largest absolute Gasteiger partial charge is 0.478 e. The van der Waals surface area contributed by atoms with Gasteiger partial charge in [-0.2, -0.15) is 0 Å². The lowest BCUT2D eigenvalue weighted by Crippen LogP contribution is -2.33. The van der Waals surface area contributed by atoms with Crippen molar-refractivity contribution in [3.05, 3.63) is 48.7 Å². The van der Waals surface area contributed by atoms with E-state index in [1.165, 1.54) is 0 Å². The minimum Gasteiger partial charge on any atom is -0.478 e. The summed E-state index contributed by atoms with van der Waals surface area (Å²) in [6.45, 7) is 0. The van der Waals surface area contributed by atoms with Crippen molar-refractivity contribution in [2.75, 3.05) is 5.32 Å². The highest BCUT2D eigenvalue weighted by Gasteiger charge is 2.06. The van der Waals surface area contributed by atoms with E-state index in [0.29, 0.717) is 11.8 Å². The lowest BCUT2D eigenvalue weighted by Gasteiger charge is -2.06. The van der Waals surface area contributed by atoms with Crippen LogP contribution in [0, 0.1) is 0 Å². The number of pyridine rings is 1. The quantitative estimate of drug-likeness (QED) is 0.741. The third-order valence-electron chi connectivity index (χ3n) is 2.47. The van der Waals surface area contributed by atoms with Crippen LogP contribution in [-0.2, 0) is 9.59 Å². The number of hydrogen-bond acceptors (Lipinski definition) is 4. The molecule has 0 bridgehead atoms. The second kappa shape index (κ2) is 6.29. The van der Waals surface area contributed by atoms with Gasteiger partial charge in [0.2, 0.25) is 0 Å². The number of carboxylic acids is 1. The van der Waals surface area contributed by atoms with Gasteiger partial charge in [-0.25, -0.2) is 9.59 Å². The minimum atomic E-state index is -1.27. The first kappa shape index (κ1) is 14.2. The van der Waals surface area contributed by atoms with Crippen LogP contribution in [0.3, 0.4) is 0 Å². The molecule has 106 valence electrons. The summed E-state index contributed by atoms with van der Waals surface area (Å²) in [4.78, 5) is 37.2. The summed E-state index contributed by atoms with van der Waals surface area (Å²) < 4.78 is 0. The Kier molecular flexibility index (Phi) is 4.25. The molecule has 2 rings (SSSR count). The molecule has 0 atom stereocenters. The van der Waals surface area contributed by atoms with Crippen LogP contribution in [0.4, 0.5) is 10.5 Å². The van der Waals surface area contributed by atoms with Crippen LogP contribution >= 0.6 is 0 Å². The van der Waals surface area contributed by atoms with Crippen LogP contribution in [0.25, 0.3) is 10.9 Å². The number of urea groups is 1.